The van der Waals surface area contributed by atoms with Crippen molar-refractivity contribution in [1.29, 1.82) is 0 Å². The fraction of sp³-hybridized carbons (Fsp3) is 1.00. The number of aliphatic hydroxyl groups excluding tert-OH is 1. The van der Waals surface area contributed by atoms with Crippen LogP contribution in [0.5, 0.6) is 0 Å². The molecule has 0 bridgehead atoms. The zero-order valence-electron chi connectivity index (χ0n) is 5.38. The summed E-state index contributed by atoms with van der Waals surface area (Å²) in [5.74, 6) is 0. The van der Waals surface area contributed by atoms with Crippen molar-refractivity contribution < 1.29 is 9.84 Å². The van der Waals surface area contributed by atoms with Crippen molar-refractivity contribution in [2.24, 2.45) is 0 Å². The molecule has 0 aromatic heterocycles. The molecule has 0 aromatic carbocycles. The predicted octanol–water partition coefficient (Wildman–Crippen LogP) is 0.970. The van der Waals surface area contributed by atoms with E-state index in [2.05, 4.69) is 0 Å². The molecule has 1 aliphatic rings. The Bertz CT molecular complexity index is 62.1. The van der Waals surface area contributed by atoms with Crippen LogP contribution in [0.15, 0.2) is 0 Å². The molecule has 1 rings (SSSR count). The summed E-state index contributed by atoms with van der Waals surface area (Å²) in [5, 5.41) is 8.45. The second kappa shape index (κ2) is 5.03. The van der Waals surface area contributed by atoms with Crippen LogP contribution in [0, 0.1) is 0 Å². The largest absolute Gasteiger partial charge is 0.396 e. The highest BCUT2D eigenvalue weighted by Crippen LogP contribution is 2.13. The topological polar surface area (TPSA) is 29.5 Å². The van der Waals surface area contributed by atoms with Gasteiger partial charge in [0, 0.05) is 13.2 Å². The molecule has 9 heavy (non-hydrogen) atoms. The predicted molar refractivity (Wildman–Crippen MR) is 37.9 cm³/mol. The number of hydrogen-bond donors (Lipinski definition) is 1. The SMILES string of the molecule is Cl.OCCC1CCCO1. The molecule has 1 aliphatic heterocycles. The maximum Gasteiger partial charge on any atom is 0.0597 e. The Morgan fingerprint density at radius 1 is 1.56 bits per heavy atom. The van der Waals surface area contributed by atoms with E-state index in [1.54, 1.807) is 0 Å². The highest BCUT2D eigenvalue weighted by Gasteiger charge is 2.13. The van der Waals surface area contributed by atoms with Gasteiger partial charge in [0.1, 0.15) is 0 Å². The molecule has 2 nitrogen and oxygen atoms in total. The quantitative estimate of drug-likeness (QED) is 0.639. The Morgan fingerprint density at radius 2 is 2.33 bits per heavy atom. The van der Waals surface area contributed by atoms with E-state index in [0.29, 0.717) is 6.10 Å². The average Bonchev–Trinajstić information content (AvgIpc) is 2.19. The van der Waals surface area contributed by atoms with Gasteiger partial charge < -0.3 is 9.84 Å². The van der Waals surface area contributed by atoms with E-state index in [0.717, 1.165) is 19.4 Å². The number of ether oxygens (including phenoxy) is 1. The van der Waals surface area contributed by atoms with Gasteiger partial charge in [0.2, 0.25) is 0 Å². The summed E-state index contributed by atoms with van der Waals surface area (Å²) in [5.41, 5.74) is 0. The number of hydrogen-bond acceptors (Lipinski definition) is 2. The summed E-state index contributed by atoms with van der Waals surface area (Å²) < 4.78 is 5.23. The Morgan fingerprint density at radius 3 is 2.78 bits per heavy atom. The molecule has 56 valence electrons. The molecule has 0 radical (unpaired) electrons. The highest BCUT2D eigenvalue weighted by molar-refractivity contribution is 5.85. The van der Waals surface area contributed by atoms with E-state index in [-0.39, 0.29) is 19.0 Å². The van der Waals surface area contributed by atoms with Crippen molar-refractivity contribution in [2.45, 2.75) is 25.4 Å². The lowest BCUT2D eigenvalue weighted by molar-refractivity contribution is 0.0868. The van der Waals surface area contributed by atoms with Crippen LogP contribution in [0.25, 0.3) is 0 Å². The lowest BCUT2D eigenvalue weighted by atomic mass is 10.2. The second-order valence-corrected chi connectivity index (χ2v) is 2.15. The molecule has 1 N–H and O–H groups in total. The molecule has 1 fully saturated rings. The molecule has 1 unspecified atom stereocenters. The first kappa shape index (κ1) is 9.21. The average molecular weight is 153 g/mol. The minimum Gasteiger partial charge on any atom is -0.396 e. The van der Waals surface area contributed by atoms with Crippen LogP contribution in [0.2, 0.25) is 0 Å². The van der Waals surface area contributed by atoms with Crippen LogP contribution < -0.4 is 0 Å². The van der Waals surface area contributed by atoms with Crippen molar-refractivity contribution in [3.63, 3.8) is 0 Å². The summed E-state index contributed by atoms with van der Waals surface area (Å²) in [6.07, 6.45) is 3.49. The molecular weight excluding hydrogens is 140 g/mol. The Hall–Kier alpha value is 0.210. The van der Waals surface area contributed by atoms with Gasteiger partial charge in [-0.1, -0.05) is 0 Å². The summed E-state index contributed by atoms with van der Waals surface area (Å²) in [6.45, 7) is 1.16. The molecule has 1 atom stereocenters. The number of rotatable bonds is 2. The molecule has 3 heteroatoms. The number of aliphatic hydroxyl groups is 1. The Balaban J connectivity index is 0.000000640. The Kier molecular flexibility index (Phi) is 5.15. The van der Waals surface area contributed by atoms with Gasteiger partial charge in [0.15, 0.2) is 0 Å². The minimum atomic E-state index is 0. The van der Waals surface area contributed by atoms with Gasteiger partial charge in [-0.25, -0.2) is 0 Å². The Labute approximate surface area is 61.6 Å². The van der Waals surface area contributed by atoms with Crippen LogP contribution in [0.4, 0.5) is 0 Å². The first-order chi connectivity index (χ1) is 3.93. The molecule has 1 saturated heterocycles. The van der Waals surface area contributed by atoms with Gasteiger partial charge >= 0.3 is 0 Å². The van der Waals surface area contributed by atoms with Crippen LogP contribution >= 0.6 is 12.4 Å². The molecule has 0 spiro atoms. The first-order valence-corrected chi connectivity index (χ1v) is 3.16. The van der Waals surface area contributed by atoms with Gasteiger partial charge in [0.25, 0.3) is 0 Å². The fourth-order valence-electron chi connectivity index (χ4n) is 1.02. The van der Waals surface area contributed by atoms with E-state index < -0.39 is 0 Å². The molecule has 1 heterocycles. The van der Waals surface area contributed by atoms with E-state index in [1.807, 2.05) is 0 Å². The summed E-state index contributed by atoms with van der Waals surface area (Å²) >= 11 is 0. The molecular formula is C6H13ClO2. The van der Waals surface area contributed by atoms with Crippen LogP contribution in [-0.4, -0.2) is 24.4 Å². The zero-order valence-corrected chi connectivity index (χ0v) is 6.19. The minimum absolute atomic E-state index is 0. The third-order valence-electron chi connectivity index (χ3n) is 1.48. The molecule has 0 aromatic rings. The lowest BCUT2D eigenvalue weighted by Gasteiger charge is -2.03. The van der Waals surface area contributed by atoms with E-state index in [1.165, 1.54) is 6.42 Å². The van der Waals surface area contributed by atoms with Crippen molar-refractivity contribution in [3.8, 4) is 0 Å². The summed E-state index contributed by atoms with van der Waals surface area (Å²) in [4.78, 5) is 0. The van der Waals surface area contributed by atoms with Gasteiger partial charge in [-0.15, -0.1) is 12.4 Å². The van der Waals surface area contributed by atoms with Gasteiger partial charge in [-0.05, 0) is 19.3 Å². The molecule has 0 amide bonds. The fourth-order valence-corrected chi connectivity index (χ4v) is 1.02. The second-order valence-electron chi connectivity index (χ2n) is 2.15. The zero-order chi connectivity index (χ0) is 5.82. The van der Waals surface area contributed by atoms with Crippen LogP contribution in [-0.2, 0) is 4.74 Å². The molecule has 0 aliphatic carbocycles. The van der Waals surface area contributed by atoms with Crippen LogP contribution in [0.3, 0.4) is 0 Å². The van der Waals surface area contributed by atoms with E-state index in [9.17, 15) is 0 Å². The lowest BCUT2D eigenvalue weighted by Crippen LogP contribution is -2.06. The van der Waals surface area contributed by atoms with Gasteiger partial charge in [-0.2, -0.15) is 0 Å². The maximum atomic E-state index is 8.45. The van der Waals surface area contributed by atoms with E-state index >= 15 is 0 Å². The summed E-state index contributed by atoms with van der Waals surface area (Å²) in [7, 11) is 0. The normalized spacial score (nSPS) is 25.7. The third-order valence-corrected chi connectivity index (χ3v) is 1.48. The standard InChI is InChI=1S/C6H12O2.ClH/c7-4-3-6-2-1-5-8-6;/h6-7H,1-5H2;1H. The molecule has 0 saturated carbocycles. The van der Waals surface area contributed by atoms with Crippen LogP contribution in [0.1, 0.15) is 19.3 Å². The first-order valence-electron chi connectivity index (χ1n) is 3.16. The highest BCUT2D eigenvalue weighted by atomic mass is 35.5. The smallest absolute Gasteiger partial charge is 0.0597 e. The van der Waals surface area contributed by atoms with Crippen molar-refractivity contribution >= 4 is 12.4 Å². The third kappa shape index (κ3) is 3.04. The summed E-state index contributed by atoms with van der Waals surface area (Å²) in [6, 6.07) is 0. The van der Waals surface area contributed by atoms with E-state index in [4.69, 9.17) is 9.84 Å². The van der Waals surface area contributed by atoms with Crippen molar-refractivity contribution in [1.82, 2.24) is 0 Å². The number of halogens is 1. The maximum absolute atomic E-state index is 8.45. The monoisotopic (exact) mass is 152 g/mol. The van der Waals surface area contributed by atoms with Crippen molar-refractivity contribution in [2.75, 3.05) is 13.2 Å². The van der Waals surface area contributed by atoms with Crippen molar-refractivity contribution in [3.05, 3.63) is 0 Å². The van der Waals surface area contributed by atoms with Gasteiger partial charge in [-0.3, -0.25) is 0 Å². The van der Waals surface area contributed by atoms with Gasteiger partial charge in [0.05, 0.1) is 6.10 Å².